The lowest BCUT2D eigenvalue weighted by Gasteiger charge is -2.13. The zero-order chi connectivity index (χ0) is 19.4. The second-order valence-electron chi connectivity index (χ2n) is 6.47. The van der Waals surface area contributed by atoms with Crippen LogP contribution in [-0.4, -0.2) is 17.6 Å². The molecule has 0 radical (unpaired) electrons. The van der Waals surface area contributed by atoms with E-state index in [9.17, 15) is 9.59 Å². The maximum absolute atomic E-state index is 12.7. The number of nitrogens with one attached hydrogen (secondary N) is 1. The maximum Gasteiger partial charge on any atom is 0.257 e. The summed E-state index contributed by atoms with van der Waals surface area (Å²) in [5.74, 6) is 0.291. The Kier molecular flexibility index (Phi) is 5.41. The molecule has 5 heteroatoms. The summed E-state index contributed by atoms with van der Waals surface area (Å²) < 4.78 is 6.85. The maximum atomic E-state index is 12.7. The van der Waals surface area contributed by atoms with Crippen molar-refractivity contribution in [1.29, 1.82) is 0 Å². The molecule has 0 bridgehead atoms. The molecule has 0 spiro atoms. The molecule has 5 nitrogen and oxygen atoms in total. The van der Waals surface area contributed by atoms with Gasteiger partial charge in [0, 0.05) is 12.3 Å². The molecule has 0 saturated heterocycles. The molecule has 0 unspecified atom stereocenters. The van der Waals surface area contributed by atoms with E-state index >= 15 is 0 Å². The first-order valence-corrected chi connectivity index (χ1v) is 8.69. The number of pyridine rings is 1. The van der Waals surface area contributed by atoms with Crippen LogP contribution >= 0.6 is 0 Å². The number of ether oxygens (including phenoxy) is 1. The molecule has 138 valence electrons. The summed E-state index contributed by atoms with van der Waals surface area (Å²) in [5, 5.41) is 2.86. The van der Waals surface area contributed by atoms with E-state index in [4.69, 9.17) is 4.74 Å². The Balaban J connectivity index is 1.87. The van der Waals surface area contributed by atoms with Gasteiger partial charge in [0.25, 0.3) is 11.5 Å². The number of hydrogen-bond donors (Lipinski definition) is 1. The van der Waals surface area contributed by atoms with Crippen molar-refractivity contribution in [2.24, 2.45) is 0 Å². The molecule has 0 atom stereocenters. The summed E-state index contributed by atoms with van der Waals surface area (Å²) in [7, 11) is 1.56. The van der Waals surface area contributed by atoms with Gasteiger partial charge in [-0.3, -0.25) is 9.59 Å². The Morgan fingerprint density at radius 1 is 1.07 bits per heavy atom. The number of carbonyl (C=O) groups excluding carboxylic acids is 1. The van der Waals surface area contributed by atoms with Gasteiger partial charge in [0.05, 0.1) is 24.9 Å². The van der Waals surface area contributed by atoms with Crippen LogP contribution in [0.5, 0.6) is 5.75 Å². The third-order valence-corrected chi connectivity index (χ3v) is 4.45. The fourth-order valence-corrected chi connectivity index (χ4v) is 2.87. The van der Waals surface area contributed by atoms with Crippen molar-refractivity contribution in [3.05, 3.63) is 93.4 Å². The molecule has 3 rings (SSSR count). The van der Waals surface area contributed by atoms with E-state index in [0.29, 0.717) is 23.5 Å². The van der Waals surface area contributed by atoms with Crippen molar-refractivity contribution < 1.29 is 9.53 Å². The largest absolute Gasteiger partial charge is 0.495 e. The molecule has 0 fully saturated rings. The van der Waals surface area contributed by atoms with Crippen molar-refractivity contribution in [3.8, 4) is 5.75 Å². The average Bonchev–Trinajstić information content (AvgIpc) is 2.65. The molecular weight excluding hydrogens is 340 g/mol. The van der Waals surface area contributed by atoms with E-state index in [1.807, 2.05) is 56.3 Å². The lowest BCUT2D eigenvalue weighted by atomic mass is 10.1. The quantitative estimate of drug-likeness (QED) is 0.751. The van der Waals surface area contributed by atoms with Gasteiger partial charge in [0.15, 0.2) is 0 Å². The highest BCUT2D eigenvalue weighted by atomic mass is 16.5. The predicted molar refractivity (Wildman–Crippen MR) is 107 cm³/mol. The van der Waals surface area contributed by atoms with E-state index in [2.05, 4.69) is 5.32 Å². The van der Waals surface area contributed by atoms with Crippen molar-refractivity contribution in [1.82, 2.24) is 4.57 Å². The molecule has 27 heavy (non-hydrogen) atoms. The van der Waals surface area contributed by atoms with E-state index in [1.165, 1.54) is 12.1 Å². The number of nitrogens with zero attached hydrogens (tertiary/aromatic N) is 1. The lowest BCUT2D eigenvalue weighted by Crippen LogP contribution is -2.23. The second kappa shape index (κ2) is 7.91. The summed E-state index contributed by atoms with van der Waals surface area (Å²) in [4.78, 5) is 24.9. The Morgan fingerprint density at radius 3 is 2.59 bits per heavy atom. The van der Waals surface area contributed by atoms with Crippen LogP contribution in [0.15, 0.2) is 65.6 Å². The van der Waals surface area contributed by atoms with Gasteiger partial charge in [-0.2, -0.15) is 0 Å². The summed E-state index contributed by atoms with van der Waals surface area (Å²) in [6.07, 6.45) is 1.59. The van der Waals surface area contributed by atoms with Crippen molar-refractivity contribution in [2.45, 2.75) is 20.4 Å². The highest BCUT2D eigenvalue weighted by Crippen LogP contribution is 2.25. The number of carbonyl (C=O) groups is 1. The first-order valence-electron chi connectivity index (χ1n) is 8.69. The topological polar surface area (TPSA) is 60.3 Å². The minimum atomic E-state index is -0.294. The number of aryl methyl sites for hydroxylation is 2. The molecular formula is C22H22N2O3. The molecule has 1 heterocycles. The average molecular weight is 362 g/mol. The second-order valence-corrected chi connectivity index (χ2v) is 6.47. The van der Waals surface area contributed by atoms with E-state index in [-0.39, 0.29) is 11.5 Å². The van der Waals surface area contributed by atoms with Crippen molar-refractivity contribution in [2.75, 3.05) is 12.4 Å². The van der Waals surface area contributed by atoms with E-state index < -0.39 is 0 Å². The first kappa shape index (κ1) is 18.5. The van der Waals surface area contributed by atoms with E-state index in [1.54, 1.807) is 17.9 Å². The van der Waals surface area contributed by atoms with Crippen molar-refractivity contribution >= 4 is 11.6 Å². The van der Waals surface area contributed by atoms with Gasteiger partial charge >= 0.3 is 0 Å². The fourth-order valence-electron chi connectivity index (χ4n) is 2.87. The summed E-state index contributed by atoms with van der Waals surface area (Å²) >= 11 is 0. The Hall–Kier alpha value is -3.34. The highest BCUT2D eigenvalue weighted by molar-refractivity contribution is 6.04. The molecule has 0 aliphatic carbocycles. The Labute approximate surface area is 158 Å². The zero-order valence-corrected chi connectivity index (χ0v) is 15.7. The lowest BCUT2D eigenvalue weighted by molar-refractivity contribution is 0.102. The van der Waals surface area contributed by atoms with Gasteiger partial charge in [-0.1, -0.05) is 30.3 Å². The van der Waals surface area contributed by atoms with E-state index in [0.717, 1.165) is 16.7 Å². The molecule has 2 aromatic carbocycles. The molecule has 1 amide bonds. The standard InChI is InChI=1S/C22H22N2O3/c1-15-8-10-20(27-3)19(12-15)23-22(26)18-9-11-21(25)24(14-18)13-17-7-5-4-6-16(17)2/h4-12,14H,13H2,1-3H3,(H,23,26). The smallest absolute Gasteiger partial charge is 0.257 e. The van der Waals surface area contributed by atoms with Crippen LogP contribution < -0.4 is 15.6 Å². The number of benzene rings is 2. The van der Waals surface area contributed by atoms with Crippen molar-refractivity contribution in [3.63, 3.8) is 0 Å². The van der Waals surface area contributed by atoms with Gasteiger partial charge in [-0.15, -0.1) is 0 Å². The number of methoxy groups -OCH3 is 1. The summed E-state index contributed by atoms with van der Waals surface area (Å²) in [6.45, 7) is 4.36. The van der Waals surface area contributed by atoms with Gasteiger partial charge in [0.1, 0.15) is 5.75 Å². The Morgan fingerprint density at radius 2 is 1.85 bits per heavy atom. The minimum Gasteiger partial charge on any atom is -0.495 e. The molecule has 1 aromatic heterocycles. The molecule has 1 N–H and O–H groups in total. The Bertz CT molecular complexity index is 1040. The molecule has 0 aliphatic rings. The van der Waals surface area contributed by atoms with Crippen LogP contribution in [0.3, 0.4) is 0 Å². The number of rotatable bonds is 5. The fraction of sp³-hybridized carbons (Fsp3) is 0.182. The molecule has 0 aliphatic heterocycles. The third-order valence-electron chi connectivity index (χ3n) is 4.45. The van der Waals surface area contributed by atoms with Gasteiger partial charge in [-0.25, -0.2) is 0 Å². The highest BCUT2D eigenvalue weighted by Gasteiger charge is 2.12. The van der Waals surface area contributed by atoms with Crippen LogP contribution in [0, 0.1) is 13.8 Å². The number of anilines is 1. The van der Waals surface area contributed by atoms with Crippen LogP contribution in [0.2, 0.25) is 0 Å². The van der Waals surface area contributed by atoms with Crippen LogP contribution in [0.1, 0.15) is 27.0 Å². The number of amides is 1. The first-order chi connectivity index (χ1) is 13.0. The normalized spacial score (nSPS) is 10.5. The van der Waals surface area contributed by atoms with Crippen LogP contribution in [0.25, 0.3) is 0 Å². The minimum absolute atomic E-state index is 0.150. The number of aromatic nitrogens is 1. The van der Waals surface area contributed by atoms with Gasteiger partial charge in [0.2, 0.25) is 0 Å². The summed E-state index contributed by atoms with van der Waals surface area (Å²) in [6, 6.07) is 16.4. The molecule has 3 aromatic rings. The summed E-state index contributed by atoms with van der Waals surface area (Å²) in [5.41, 5.74) is 4.01. The zero-order valence-electron chi connectivity index (χ0n) is 15.7. The predicted octanol–water partition coefficient (Wildman–Crippen LogP) is 3.77. The third kappa shape index (κ3) is 4.26. The van der Waals surface area contributed by atoms with Crippen LogP contribution in [-0.2, 0) is 6.54 Å². The molecule has 0 saturated carbocycles. The number of hydrogen-bond acceptors (Lipinski definition) is 3. The monoisotopic (exact) mass is 362 g/mol. The SMILES string of the molecule is COc1ccc(C)cc1NC(=O)c1ccc(=O)n(Cc2ccccc2C)c1. The van der Waals surface area contributed by atoms with Crippen LogP contribution in [0.4, 0.5) is 5.69 Å². The van der Waals surface area contributed by atoms with Gasteiger partial charge in [-0.05, 0) is 48.7 Å². The van der Waals surface area contributed by atoms with Gasteiger partial charge < -0.3 is 14.6 Å².